The molecule has 3 atom stereocenters. The van der Waals surface area contributed by atoms with E-state index in [1.165, 1.54) is 44.2 Å². The van der Waals surface area contributed by atoms with Gasteiger partial charge in [0.05, 0.1) is 0 Å². The summed E-state index contributed by atoms with van der Waals surface area (Å²) in [5.74, 6) is 0. The molecule has 2 heteroatoms. The Balaban J connectivity index is 2.26. The Morgan fingerprint density at radius 2 is 1.95 bits per heavy atom. The fraction of sp³-hybridized carbons (Fsp3) is 0.647. The molecule has 0 bridgehead atoms. The van der Waals surface area contributed by atoms with E-state index in [1.807, 2.05) is 0 Å². The van der Waals surface area contributed by atoms with Crippen molar-refractivity contribution in [2.75, 3.05) is 6.54 Å². The lowest BCUT2D eigenvalue weighted by Crippen LogP contribution is -2.44. The van der Waals surface area contributed by atoms with Crippen LogP contribution in [0.3, 0.4) is 0 Å². The zero-order valence-electron chi connectivity index (χ0n) is 12.4. The molecule has 0 saturated carbocycles. The SMILES string of the molecule is CCC1CCCCCN1C(c1ccccc1)C(C)N. The summed E-state index contributed by atoms with van der Waals surface area (Å²) in [6.07, 6.45) is 6.61. The molecule has 19 heavy (non-hydrogen) atoms. The minimum Gasteiger partial charge on any atom is -0.326 e. The molecule has 1 aliphatic heterocycles. The summed E-state index contributed by atoms with van der Waals surface area (Å²) < 4.78 is 0. The maximum atomic E-state index is 6.33. The van der Waals surface area contributed by atoms with Gasteiger partial charge in [-0.25, -0.2) is 0 Å². The van der Waals surface area contributed by atoms with Gasteiger partial charge in [-0.3, -0.25) is 4.90 Å². The average Bonchev–Trinajstić information content (AvgIpc) is 2.65. The van der Waals surface area contributed by atoms with E-state index in [9.17, 15) is 0 Å². The molecule has 0 aliphatic carbocycles. The Bertz CT molecular complexity index is 361. The van der Waals surface area contributed by atoms with Crippen LogP contribution in [0.1, 0.15) is 57.6 Å². The number of hydrogen-bond donors (Lipinski definition) is 1. The Morgan fingerprint density at radius 3 is 2.58 bits per heavy atom. The van der Waals surface area contributed by atoms with Gasteiger partial charge >= 0.3 is 0 Å². The highest BCUT2D eigenvalue weighted by Crippen LogP contribution is 2.31. The quantitative estimate of drug-likeness (QED) is 0.894. The monoisotopic (exact) mass is 260 g/mol. The van der Waals surface area contributed by atoms with Gasteiger partial charge in [0.15, 0.2) is 0 Å². The van der Waals surface area contributed by atoms with Crippen LogP contribution >= 0.6 is 0 Å². The van der Waals surface area contributed by atoms with Crippen molar-refractivity contribution in [2.45, 2.75) is 64.1 Å². The van der Waals surface area contributed by atoms with Crippen LogP contribution in [0.25, 0.3) is 0 Å². The van der Waals surface area contributed by atoms with Crippen molar-refractivity contribution in [2.24, 2.45) is 5.73 Å². The van der Waals surface area contributed by atoms with E-state index in [-0.39, 0.29) is 6.04 Å². The van der Waals surface area contributed by atoms with Crippen LogP contribution in [0, 0.1) is 0 Å². The third-order valence-corrected chi connectivity index (χ3v) is 4.39. The number of nitrogens with two attached hydrogens (primary N) is 1. The molecule has 1 aromatic carbocycles. The van der Waals surface area contributed by atoms with E-state index in [2.05, 4.69) is 49.1 Å². The third kappa shape index (κ3) is 3.58. The summed E-state index contributed by atoms with van der Waals surface area (Å²) in [6.45, 7) is 5.65. The van der Waals surface area contributed by atoms with Crippen LogP contribution in [-0.2, 0) is 0 Å². The second-order valence-corrected chi connectivity index (χ2v) is 5.86. The second-order valence-electron chi connectivity index (χ2n) is 5.86. The summed E-state index contributed by atoms with van der Waals surface area (Å²) in [4.78, 5) is 2.67. The van der Waals surface area contributed by atoms with Gasteiger partial charge in [-0.2, -0.15) is 0 Å². The maximum Gasteiger partial charge on any atom is 0.0499 e. The molecule has 0 radical (unpaired) electrons. The van der Waals surface area contributed by atoms with E-state index in [0.29, 0.717) is 12.1 Å². The van der Waals surface area contributed by atoms with E-state index in [1.54, 1.807) is 0 Å². The van der Waals surface area contributed by atoms with Crippen LogP contribution in [-0.4, -0.2) is 23.5 Å². The predicted molar refractivity (Wildman–Crippen MR) is 82.1 cm³/mol. The molecule has 1 aromatic rings. The maximum absolute atomic E-state index is 6.33. The van der Waals surface area contributed by atoms with Crippen molar-refractivity contribution in [3.63, 3.8) is 0 Å². The van der Waals surface area contributed by atoms with E-state index in [0.717, 1.165) is 0 Å². The molecule has 3 unspecified atom stereocenters. The first-order valence-electron chi connectivity index (χ1n) is 7.80. The highest BCUT2D eigenvalue weighted by molar-refractivity contribution is 5.21. The minimum absolute atomic E-state index is 0.176. The summed E-state index contributed by atoms with van der Waals surface area (Å²) >= 11 is 0. The van der Waals surface area contributed by atoms with Crippen molar-refractivity contribution < 1.29 is 0 Å². The van der Waals surface area contributed by atoms with Crippen LogP contribution in [0.15, 0.2) is 30.3 Å². The molecule has 0 amide bonds. The van der Waals surface area contributed by atoms with E-state index in [4.69, 9.17) is 5.73 Å². The Labute approximate surface area is 118 Å². The van der Waals surface area contributed by atoms with Crippen molar-refractivity contribution >= 4 is 0 Å². The molecule has 0 aromatic heterocycles. The number of likely N-dealkylation sites (tertiary alicyclic amines) is 1. The van der Waals surface area contributed by atoms with Gasteiger partial charge in [0.25, 0.3) is 0 Å². The number of nitrogens with zero attached hydrogens (tertiary/aromatic N) is 1. The van der Waals surface area contributed by atoms with Crippen molar-refractivity contribution in [3.8, 4) is 0 Å². The zero-order chi connectivity index (χ0) is 13.7. The summed E-state index contributed by atoms with van der Waals surface area (Å²) in [7, 11) is 0. The molecule has 0 spiro atoms. The normalized spacial score (nSPS) is 24.7. The summed E-state index contributed by atoms with van der Waals surface area (Å²) in [5.41, 5.74) is 7.70. The summed E-state index contributed by atoms with van der Waals surface area (Å²) in [5, 5.41) is 0. The molecular weight excluding hydrogens is 232 g/mol. The summed E-state index contributed by atoms with van der Waals surface area (Å²) in [6, 6.07) is 12.0. The second kappa shape index (κ2) is 7.06. The first kappa shape index (κ1) is 14.5. The number of benzene rings is 1. The predicted octanol–water partition coefficient (Wildman–Crippen LogP) is 3.73. The van der Waals surface area contributed by atoms with Gasteiger partial charge in [-0.15, -0.1) is 0 Å². The number of hydrogen-bond acceptors (Lipinski definition) is 2. The van der Waals surface area contributed by atoms with Crippen molar-refractivity contribution in [1.82, 2.24) is 4.90 Å². The number of rotatable bonds is 4. The standard InChI is InChI=1S/C17H28N2/c1-3-16-12-8-5-9-13-19(16)17(14(2)18)15-10-6-4-7-11-15/h4,6-7,10-11,14,16-17H,3,5,8-9,12-13,18H2,1-2H3. The molecule has 1 saturated heterocycles. The first-order valence-corrected chi connectivity index (χ1v) is 7.80. The third-order valence-electron chi connectivity index (χ3n) is 4.39. The Kier molecular flexibility index (Phi) is 5.41. The zero-order valence-corrected chi connectivity index (χ0v) is 12.4. The van der Waals surface area contributed by atoms with Crippen LogP contribution in [0.2, 0.25) is 0 Å². The fourth-order valence-electron chi connectivity index (χ4n) is 3.45. The lowest BCUT2D eigenvalue weighted by molar-refractivity contribution is 0.117. The van der Waals surface area contributed by atoms with Gasteiger partial charge in [0.1, 0.15) is 0 Å². The smallest absolute Gasteiger partial charge is 0.0499 e. The van der Waals surface area contributed by atoms with Crippen LogP contribution < -0.4 is 5.73 Å². The Morgan fingerprint density at radius 1 is 1.21 bits per heavy atom. The van der Waals surface area contributed by atoms with E-state index < -0.39 is 0 Å². The minimum atomic E-state index is 0.176. The van der Waals surface area contributed by atoms with Gasteiger partial charge < -0.3 is 5.73 Å². The van der Waals surface area contributed by atoms with Gasteiger partial charge in [0, 0.05) is 18.1 Å². The largest absolute Gasteiger partial charge is 0.326 e. The highest BCUT2D eigenvalue weighted by atomic mass is 15.2. The van der Waals surface area contributed by atoms with Crippen molar-refractivity contribution in [3.05, 3.63) is 35.9 Å². The lowest BCUT2D eigenvalue weighted by atomic mass is 9.96. The topological polar surface area (TPSA) is 29.3 Å². The highest BCUT2D eigenvalue weighted by Gasteiger charge is 2.29. The van der Waals surface area contributed by atoms with E-state index >= 15 is 0 Å². The Hall–Kier alpha value is -0.860. The first-order chi connectivity index (χ1) is 9.24. The molecule has 1 heterocycles. The average molecular weight is 260 g/mol. The fourth-order valence-corrected chi connectivity index (χ4v) is 3.45. The molecule has 2 rings (SSSR count). The molecule has 1 aliphatic rings. The molecule has 1 fully saturated rings. The molecule has 2 N–H and O–H groups in total. The van der Waals surface area contributed by atoms with Gasteiger partial charge in [0.2, 0.25) is 0 Å². The molecule has 2 nitrogen and oxygen atoms in total. The van der Waals surface area contributed by atoms with Gasteiger partial charge in [-0.05, 0) is 38.3 Å². The van der Waals surface area contributed by atoms with Crippen LogP contribution in [0.4, 0.5) is 0 Å². The van der Waals surface area contributed by atoms with Gasteiger partial charge in [-0.1, -0.05) is 50.1 Å². The molecule has 106 valence electrons. The van der Waals surface area contributed by atoms with Crippen LogP contribution in [0.5, 0.6) is 0 Å². The molecular formula is C17H28N2. The van der Waals surface area contributed by atoms with Crippen molar-refractivity contribution in [1.29, 1.82) is 0 Å². The lowest BCUT2D eigenvalue weighted by Gasteiger charge is -2.39.